The predicted molar refractivity (Wildman–Crippen MR) is 109 cm³/mol. The van der Waals surface area contributed by atoms with Gasteiger partial charge < -0.3 is 15.5 Å². The van der Waals surface area contributed by atoms with Crippen LogP contribution in [0.5, 0.6) is 0 Å². The molecule has 0 radical (unpaired) electrons. The van der Waals surface area contributed by atoms with Crippen molar-refractivity contribution >= 4 is 11.9 Å². The maximum atomic E-state index is 13.2. The van der Waals surface area contributed by atoms with E-state index >= 15 is 0 Å². The molecule has 0 aromatic heterocycles. The molecule has 2 aliphatic carbocycles. The maximum Gasteiger partial charge on any atom is 0.225 e. The molecule has 3 aliphatic rings. The van der Waals surface area contributed by atoms with E-state index in [1.807, 2.05) is 17.0 Å². The standard InChI is InChI=1S/C22H31FN4O/c1-24-21(25-15-22(11-12-22)17-6-8-18(23)9-7-17)26-19-10-13-27(14-19)20(28)16-4-2-3-5-16/h6-9,16,19H,2-5,10-15H2,1H3,(H2,24,25,26). The van der Waals surface area contributed by atoms with E-state index in [1.165, 1.54) is 30.5 Å². The van der Waals surface area contributed by atoms with E-state index < -0.39 is 0 Å². The van der Waals surface area contributed by atoms with Crippen molar-refractivity contribution in [3.63, 3.8) is 0 Å². The number of guanidine groups is 1. The van der Waals surface area contributed by atoms with Crippen LogP contribution in [0.25, 0.3) is 0 Å². The van der Waals surface area contributed by atoms with Crippen LogP contribution in [-0.4, -0.2) is 49.5 Å². The molecule has 6 heteroatoms. The third kappa shape index (κ3) is 4.15. The van der Waals surface area contributed by atoms with Gasteiger partial charge in [0.1, 0.15) is 5.82 Å². The van der Waals surface area contributed by atoms with Crippen LogP contribution in [-0.2, 0) is 10.2 Å². The first-order valence-electron chi connectivity index (χ1n) is 10.6. The van der Waals surface area contributed by atoms with Crippen LogP contribution in [0.15, 0.2) is 29.3 Å². The van der Waals surface area contributed by atoms with Gasteiger partial charge in [0.15, 0.2) is 5.96 Å². The molecule has 0 spiro atoms. The van der Waals surface area contributed by atoms with E-state index in [0.717, 1.165) is 57.7 Å². The Morgan fingerprint density at radius 1 is 1.21 bits per heavy atom. The molecule has 152 valence electrons. The number of rotatable bonds is 5. The molecule has 5 nitrogen and oxygen atoms in total. The normalized spacial score (nSPS) is 24.4. The number of carbonyl (C=O) groups excluding carboxylic acids is 1. The van der Waals surface area contributed by atoms with E-state index in [1.54, 1.807) is 7.05 Å². The van der Waals surface area contributed by atoms with E-state index in [4.69, 9.17) is 0 Å². The first-order chi connectivity index (χ1) is 13.6. The Morgan fingerprint density at radius 3 is 2.57 bits per heavy atom. The second-order valence-corrected chi connectivity index (χ2v) is 8.61. The minimum absolute atomic E-state index is 0.0888. The fourth-order valence-electron chi connectivity index (χ4n) is 4.67. The van der Waals surface area contributed by atoms with Gasteiger partial charge in [-0.3, -0.25) is 9.79 Å². The summed E-state index contributed by atoms with van der Waals surface area (Å²) >= 11 is 0. The number of carbonyl (C=O) groups is 1. The lowest BCUT2D eigenvalue weighted by atomic mass is 9.96. The van der Waals surface area contributed by atoms with Crippen molar-refractivity contribution in [2.45, 2.75) is 56.4 Å². The summed E-state index contributed by atoms with van der Waals surface area (Å²) in [4.78, 5) is 19.0. The molecule has 1 atom stereocenters. The van der Waals surface area contributed by atoms with Crippen LogP contribution in [0.4, 0.5) is 4.39 Å². The molecule has 4 rings (SSSR count). The lowest BCUT2D eigenvalue weighted by molar-refractivity contribution is -0.134. The highest BCUT2D eigenvalue weighted by molar-refractivity contribution is 5.81. The molecule has 28 heavy (non-hydrogen) atoms. The summed E-state index contributed by atoms with van der Waals surface area (Å²) in [6.45, 7) is 2.39. The minimum Gasteiger partial charge on any atom is -0.356 e. The van der Waals surface area contributed by atoms with Crippen LogP contribution >= 0.6 is 0 Å². The molecule has 0 bridgehead atoms. The van der Waals surface area contributed by atoms with Crippen molar-refractivity contribution in [2.24, 2.45) is 10.9 Å². The van der Waals surface area contributed by atoms with Gasteiger partial charge in [-0.25, -0.2) is 4.39 Å². The van der Waals surface area contributed by atoms with Crippen molar-refractivity contribution in [1.82, 2.24) is 15.5 Å². The summed E-state index contributed by atoms with van der Waals surface area (Å²) in [5.41, 5.74) is 1.27. The molecule has 2 saturated carbocycles. The van der Waals surface area contributed by atoms with Crippen molar-refractivity contribution in [2.75, 3.05) is 26.7 Å². The number of nitrogens with one attached hydrogen (secondary N) is 2. The van der Waals surface area contributed by atoms with Crippen LogP contribution in [0.1, 0.15) is 50.5 Å². The van der Waals surface area contributed by atoms with E-state index in [2.05, 4.69) is 15.6 Å². The Morgan fingerprint density at radius 2 is 1.93 bits per heavy atom. The summed E-state index contributed by atoms with van der Waals surface area (Å²) in [5, 5.41) is 6.94. The predicted octanol–water partition coefficient (Wildman–Crippen LogP) is 2.81. The topological polar surface area (TPSA) is 56.7 Å². The molecular weight excluding hydrogens is 355 g/mol. The number of amides is 1. The van der Waals surface area contributed by atoms with Gasteiger partial charge in [0.25, 0.3) is 0 Å². The monoisotopic (exact) mass is 386 g/mol. The molecule has 1 aromatic carbocycles. The van der Waals surface area contributed by atoms with Gasteiger partial charge in [-0.1, -0.05) is 25.0 Å². The molecule has 2 N–H and O–H groups in total. The van der Waals surface area contributed by atoms with Crippen LogP contribution in [0.3, 0.4) is 0 Å². The lowest BCUT2D eigenvalue weighted by Gasteiger charge is -2.23. The molecule has 1 heterocycles. The zero-order valence-corrected chi connectivity index (χ0v) is 16.7. The maximum absolute atomic E-state index is 13.2. The van der Waals surface area contributed by atoms with Gasteiger partial charge in [-0.05, 0) is 49.8 Å². The smallest absolute Gasteiger partial charge is 0.225 e. The third-order valence-electron chi connectivity index (χ3n) is 6.67. The fraction of sp³-hybridized carbons (Fsp3) is 0.636. The largest absolute Gasteiger partial charge is 0.356 e. The Labute approximate surface area is 166 Å². The van der Waals surface area contributed by atoms with E-state index in [0.29, 0.717) is 5.91 Å². The zero-order valence-electron chi connectivity index (χ0n) is 16.7. The average molecular weight is 387 g/mol. The number of halogens is 1. The molecule has 1 aliphatic heterocycles. The van der Waals surface area contributed by atoms with Gasteiger partial charge in [-0.2, -0.15) is 0 Å². The lowest BCUT2D eigenvalue weighted by Crippen LogP contribution is -2.47. The average Bonchev–Trinajstić information content (AvgIpc) is 3.11. The van der Waals surface area contributed by atoms with Crippen LogP contribution < -0.4 is 10.6 Å². The van der Waals surface area contributed by atoms with E-state index in [-0.39, 0.29) is 23.2 Å². The highest BCUT2D eigenvalue weighted by Crippen LogP contribution is 2.47. The quantitative estimate of drug-likeness (QED) is 0.604. The van der Waals surface area contributed by atoms with Crippen LogP contribution in [0.2, 0.25) is 0 Å². The number of nitrogens with zero attached hydrogens (tertiary/aromatic N) is 2. The van der Waals surface area contributed by atoms with Crippen LogP contribution in [0, 0.1) is 11.7 Å². The summed E-state index contributed by atoms with van der Waals surface area (Å²) < 4.78 is 13.2. The SMILES string of the molecule is CN=C(NCC1(c2ccc(F)cc2)CC1)NC1CCN(C(=O)C2CCCC2)C1. The first kappa shape index (κ1) is 19.2. The highest BCUT2D eigenvalue weighted by atomic mass is 19.1. The first-order valence-corrected chi connectivity index (χ1v) is 10.6. The minimum atomic E-state index is -0.192. The number of hydrogen-bond acceptors (Lipinski definition) is 2. The molecule has 1 saturated heterocycles. The highest BCUT2D eigenvalue weighted by Gasteiger charge is 2.44. The van der Waals surface area contributed by atoms with E-state index in [9.17, 15) is 9.18 Å². The Balaban J connectivity index is 1.27. The van der Waals surface area contributed by atoms with Gasteiger partial charge in [0.05, 0.1) is 0 Å². The summed E-state index contributed by atoms with van der Waals surface area (Å²) in [7, 11) is 1.78. The molecule has 3 fully saturated rings. The summed E-state index contributed by atoms with van der Waals surface area (Å²) in [5.74, 6) is 1.19. The second-order valence-electron chi connectivity index (χ2n) is 8.61. The van der Waals surface area contributed by atoms with Crippen molar-refractivity contribution in [3.8, 4) is 0 Å². The molecule has 1 aromatic rings. The van der Waals surface area contributed by atoms with Gasteiger partial charge in [0, 0.05) is 44.1 Å². The van der Waals surface area contributed by atoms with Crippen molar-refractivity contribution < 1.29 is 9.18 Å². The number of benzene rings is 1. The summed E-state index contributed by atoms with van der Waals surface area (Å²) in [6, 6.07) is 7.11. The number of hydrogen-bond donors (Lipinski definition) is 2. The molecule has 1 unspecified atom stereocenters. The Hall–Kier alpha value is -2.11. The Kier molecular flexibility index (Phi) is 5.56. The fourth-order valence-corrected chi connectivity index (χ4v) is 4.67. The molecular formula is C22H31FN4O. The summed E-state index contributed by atoms with van der Waals surface area (Å²) in [6.07, 6.45) is 7.68. The molecule has 1 amide bonds. The zero-order chi connectivity index (χ0) is 19.6. The van der Waals surface area contributed by atoms with Gasteiger partial charge in [-0.15, -0.1) is 0 Å². The third-order valence-corrected chi connectivity index (χ3v) is 6.67. The number of likely N-dealkylation sites (tertiary alicyclic amines) is 1. The Bertz CT molecular complexity index is 723. The van der Waals surface area contributed by atoms with Gasteiger partial charge in [0.2, 0.25) is 5.91 Å². The van der Waals surface area contributed by atoms with Crippen molar-refractivity contribution in [1.29, 1.82) is 0 Å². The van der Waals surface area contributed by atoms with Crippen molar-refractivity contribution in [3.05, 3.63) is 35.6 Å². The second kappa shape index (κ2) is 8.10. The van der Waals surface area contributed by atoms with Gasteiger partial charge >= 0.3 is 0 Å². The number of aliphatic imine (C=N–C) groups is 1.